The summed E-state index contributed by atoms with van der Waals surface area (Å²) >= 11 is 0. The van der Waals surface area contributed by atoms with Gasteiger partial charge in [0.2, 0.25) is 0 Å². The maximum Gasteiger partial charge on any atom is 0.191 e. The number of para-hydroxylation sites is 1. The molecule has 2 aromatic carbocycles. The van der Waals surface area contributed by atoms with Crippen molar-refractivity contribution in [3.8, 4) is 5.75 Å². The second-order valence-electron chi connectivity index (χ2n) is 5.92. The number of hydrogen-bond donors (Lipinski definition) is 2. The fourth-order valence-corrected chi connectivity index (χ4v) is 2.84. The molecule has 2 N–H and O–H groups in total. The Labute approximate surface area is 145 Å². The zero-order valence-electron chi connectivity index (χ0n) is 14.1. The lowest BCUT2D eigenvalue weighted by Crippen LogP contribution is -2.42. The summed E-state index contributed by atoms with van der Waals surface area (Å²) in [5.41, 5.74) is 1.68. The van der Waals surface area contributed by atoms with Gasteiger partial charge in [0.25, 0.3) is 0 Å². The van der Waals surface area contributed by atoms with Crippen molar-refractivity contribution in [2.45, 2.75) is 18.9 Å². The average Bonchev–Trinajstić information content (AvgIpc) is 3.02. The minimum Gasteiger partial charge on any atom is -0.488 e. The maximum atomic E-state index is 13.6. The molecule has 1 aliphatic rings. The number of nitrogens with zero attached hydrogens (tertiary/aromatic N) is 1. The summed E-state index contributed by atoms with van der Waals surface area (Å²) in [7, 11) is 1.68. The highest BCUT2D eigenvalue weighted by Crippen LogP contribution is 2.27. The normalized spacial score (nSPS) is 16.3. The second kappa shape index (κ2) is 7.96. The van der Waals surface area contributed by atoms with Crippen LogP contribution in [-0.4, -0.2) is 32.2 Å². The van der Waals surface area contributed by atoms with Crippen LogP contribution < -0.4 is 15.4 Å². The van der Waals surface area contributed by atoms with Gasteiger partial charge in [0.1, 0.15) is 23.5 Å². The Balaban J connectivity index is 1.43. The number of rotatable bonds is 5. The fourth-order valence-electron chi connectivity index (χ4n) is 2.84. The van der Waals surface area contributed by atoms with Gasteiger partial charge in [-0.05, 0) is 29.7 Å². The van der Waals surface area contributed by atoms with Gasteiger partial charge in [0, 0.05) is 26.1 Å². The van der Waals surface area contributed by atoms with E-state index in [1.54, 1.807) is 7.05 Å². The SMILES string of the molecule is CN=C(NCCc1ccc(F)cc1F)NCC1Cc2ccccc2O1. The third kappa shape index (κ3) is 4.47. The van der Waals surface area contributed by atoms with E-state index < -0.39 is 11.6 Å². The Morgan fingerprint density at radius 3 is 2.80 bits per heavy atom. The van der Waals surface area contributed by atoms with Gasteiger partial charge in [-0.25, -0.2) is 8.78 Å². The Morgan fingerprint density at radius 2 is 2.04 bits per heavy atom. The third-order valence-corrected chi connectivity index (χ3v) is 4.14. The van der Waals surface area contributed by atoms with E-state index in [1.165, 1.54) is 17.7 Å². The van der Waals surface area contributed by atoms with Crippen molar-refractivity contribution in [3.05, 3.63) is 65.2 Å². The summed E-state index contributed by atoms with van der Waals surface area (Å²) < 4.78 is 32.4. The molecule has 0 radical (unpaired) electrons. The summed E-state index contributed by atoms with van der Waals surface area (Å²) in [6.45, 7) is 1.12. The van der Waals surface area contributed by atoms with Crippen LogP contribution in [0, 0.1) is 11.6 Å². The standard InChI is InChI=1S/C19H21F2N3O/c1-22-19(23-9-8-13-6-7-15(20)11-17(13)21)24-12-16-10-14-4-2-3-5-18(14)25-16/h2-7,11,16H,8-10,12H2,1H3,(H2,22,23,24). The Hall–Kier alpha value is -2.63. The van der Waals surface area contributed by atoms with Crippen LogP contribution in [0.15, 0.2) is 47.5 Å². The van der Waals surface area contributed by atoms with Crippen molar-refractivity contribution >= 4 is 5.96 Å². The van der Waals surface area contributed by atoms with Crippen molar-refractivity contribution in [2.24, 2.45) is 4.99 Å². The number of fused-ring (bicyclic) bond motifs is 1. The Kier molecular flexibility index (Phi) is 5.48. The molecule has 0 aromatic heterocycles. The maximum absolute atomic E-state index is 13.6. The molecule has 132 valence electrons. The van der Waals surface area contributed by atoms with Crippen LogP contribution in [0.1, 0.15) is 11.1 Å². The molecule has 3 rings (SSSR count). The molecule has 6 heteroatoms. The molecular formula is C19H21F2N3O. The van der Waals surface area contributed by atoms with Gasteiger partial charge in [-0.15, -0.1) is 0 Å². The van der Waals surface area contributed by atoms with Crippen LogP contribution in [0.5, 0.6) is 5.75 Å². The Morgan fingerprint density at radius 1 is 1.20 bits per heavy atom. The first-order valence-electron chi connectivity index (χ1n) is 8.28. The first-order valence-corrected chi connectivity index (χ1v) is 8.28. The monoisotopic (exact) mass is 345 g/mol. The van der Waals surface area contributed by atoms with E-state index in [1.807, 2.05) is 18.2 Å². The molecule has 0 saturated heterocycles. The molecule has 0 fully saturated rings. The van der Waals surface area contributed by atoms with Gasteiger partial charge in [-0.2, -0.15) is 0 Å². The number of halogens is 2. The van der Waals surface area contributed by atoms with Crippen LogP contribution in [-0.2, 0) is 12.8 Å². The zero-order valence-corrected chi connectivity index (χ0v) is 14.1. The van der Waals surface area contributed by atoms with E-state index in [9.17, 15) is 8.78 Å². The molecule has 0 bridgehead atoms. The van der Waals surface area contributed by atoms with Crippen molar-refractivity contribution < 1.29 is 13.5 Å². The quantitative estimate of drug-likeness (QED) is 0.647. The highest BCUT2D eigenvalue weighted by Gasteiger charge is 2.22. The van der Waals surface area contributed by atoms with Gasteiger partial charge >= 0.3 is 0 Å². The molecule has 1 atom stereocenters. The number of ether oxygens (including phenoxy) is 1. The molecule has 0 saturated carbocycles. The van der Waals surface area contributed by atoms with E-state index in [4.69, 9.17) is 4.74 Å². The van der Waals surface area contributed by atoms with Crippen LogP contribution in [0.3, 0.4) is 0 Å². The summed E-state index contributed by atoms with van der Waals surface area (Å²) in [5, 5.41) is 6.34. The average molecular weight is 345 g/mol. The second-order valence-corrected chi connectivity index (χ2v) is 5.92. The van der Waals surface area contributed by atoms with Crippen molar-refractivity contribution in [1.82, 2.24) is 10.6 Å². The lowest BCUT2D eigenvalue weighted by Gasteiger charge is -2.15. The number of nitrogens with one attached hydrogen (secondary N) is 2. The largest absolute Gasteiger partial charge is 0.488 e. The topological polar surface area (TPSA) is 45.7 Å². The molecule has 1 heterocycles. The molecule has 4 nitrogen and oxygen atoms in total. The van der Waals surface area contributed by atoms with Gasteiger partial charge in [-0.3, -0.25) is 4.99 Å². The fraction of sp³-hybridized carbons (Fsp3) is 0.316. The number of guanidine groups is 1. The van der Waals surface area contributed by atoms with E-state index >= 15 is 0 Å². The molecular weight excluding hydrogens is 324 g/mol. The summed E-state index contributed by atoms with van der Waals surface area (Å²) in [6.07, 6.45) is 1.37. The van der Waals surface area contributed by atoms with E-state index in [-0.39, 0.29) is 6.10 Å². The van der Waals surface area contributed by atoms with Gasteiger partial charge in [0.15, 0.2) is 5.96 Å². The molecule has 1 unspecified atom stereocenters. The first-order chi connectivity index (χ1) is 12.2. The smallest absolute Gasteiger partial charge is 0.191 e. The number of hydrogen-bond acceptors (Lipinski definition) is 2. The summed E-state index contributed by atoms with van der Waals surface area (Å²) in [4.78, 5) is 4.15. The van der Waals surface area contributed by atoms with E-state index in [0.29, 0.717) is 31.0 Å². The third-order valence-electron chi connectivity index (χ3n) is 4.14. The number of aliphatic imine (C=N–C) groups is 1. The predicted molar refractivity (Wildman–Crippen MR) is 94.0 cm³/mol. The lowest BCUT2D eigenvalue weighted by atomic mass is 10.1. The van der Waals surface area contributed by atoms with Crippen molar-refractivity contribution in [2.75, 3.05) is 20.1 Å². The van der Waals surface area contributed by atoms with Crippen molar-refractivity contribution in [1.29, 1.82) is 0 Å². The number of benzene rings is 2. The molecule has 2 aromatic rings. The highest BCUT2D eigenvalue weighted by atomic mass is 19.1. The minimum atomic E-state index is -0.566. The van der Waals surface area contributed by atoms with Gasteiger partial charge in [-0.1, -0.05) is 24.3 Å². The van der Waals surface area contributed by atoms with Gasteiger partial charge < -0.3 is 15.4 Å². The molecule has 0 aliphatic carbocycles. The van der Waals surface area contributed by atoms with Crippen molar-refractivity contribution in [3.63, 3.8) is 0 Å². The van der Waals surface area contributed by atoms with E-state index in [2.05, 4.69) is 21.7 Å². The highest BCUT2D eigenvalue weighted by molar-refractivity contribution is 5.79. The molecule has 1 aliphatic heterocycles. The van der Waals surface area contributed by atoms with Gasteiger partial charge in [0.05, 0.1) is 6.54 Å². The Bertz CT molecular complexity index is 739. The summed E-state index contributed by atoms with van der Waals surface area (Å²) in [5.74, 6) is 0.470. The minimum absolute atomic E-state index is 0.0606. The zero-order chi connectivity index (χ0) is 17.6. The summed E-state index contributed by atoms with van der Waals surface area (Å²) in [6, 6.07) is 11.6. The molecule has 0 amide bonds. The molecule has 0 spiro atoms. The van der Waals surface area contributed by atoms with Crippen LogP contribution in [0.2, 0.25) is 0 Å². The lowest BCUT2D eigenvalue weighted by molar-refractivity contribution is 0.235. The van der Waals surface area contributed by atoms with Crippen LogP contribution in [0.25, 0.3) is 0 Å². The van der Waals surface area contributed by atoms with Crippen LogP contribution in [0.4, 0.5) is 8.78 Å². The first kappa shape index (κ1) is 17.2. The van der Waals surface area contributed by atoms with E-state index in [0.717, 1.165) is 18.2 Å². The van der Waals surface area contributed by atoms with Crippen LogP contribution >= 0.6 is 0 Å². The predicted octanol–water partition coefficient (Wildman–Crippen LogP) is 2.68. The molecule has 25 heavy (non-hydrogen) atoms.